The van der Waals surface area contributed by atoms with Gasteiger partial charge in [0.25, 0.3) is 0 Å². The lowest BCUT2D eigenvalue weighted by Crippen LogP contribution is -2.35. The fourth-order valence-corrected chi connectivity index (χ4v) is 2.04. The maximum atomic E-state index is 13.3. The molecular formula is C14H14F2N2O2. The number of likely N-dealkylation sites (tertiary alicyclic amines) is 1. The van der Waals surface area contributed by atoms with Crippen LogP contribution in [0.4, 0.5) is 8.78 Å². The molecule has 1 aromatic rings. The van der Waals surface area contributed by atoms with Crippen LogP contribution in [0.15, 0.2) is 24.3 Å². The van der Waals surface area contributed by atoms with Gasteiger partial charge in [-0.05, 0) is 18.2 Å². The first-order chi connectivity index (χ1) is 9.47. The van der Waals surface area contributed by atoms with Crippen LogP contribution in [0.1, 0.15) is 12.0 Å². The molecule has 1 aliphatic rings. The van der Waals surface area contributed by atoms with Crippen LogP contribution in [-0.4, -0.2) is 36.3 Å². The molecule has 1 fully saturated rings. The molecule has 0 spiro atoms. The lowest BCUT2D eigenvalue weighted by Gasteiger charge is -2.10. The molecule has 0 bridgehead atoms. The van der Waals surface area contributed by atoms with E-state index in [1.807, 2.05) is 0 Å². The Balaban J connectivity index is 1.98. The SMILES string of the molecule is CN1C[C@H](NC(=O)/C=C/c2c(F)cccc2F)CC1=O. The summed E-state index contributed by atoms with van der Waals surface area (Å²) in [6.45, 7) is 0.437. The second-order valence-electron chi connectivity index (χ2n) is 4.65. The molecular weight excluding hydrogens is 266 g/mol. The molecule has 6 heteroatoms. The van der Waals surface area contributed by atoms with Gasteiger partial charge in [-0.3, -0.25) is 9.59 Å². The standard InChI is InChI=1S/C14H14F2N2O2/c1-18-8-9(7-14(18)20)17-13(19)6-5-10-11(15)3-2-4-12(10)16/h2-6,9H,7-8H2,1H3,(H,17,19)/b6-5+/t9-/m1/s1. The number of carbonyl (C=O) groups is 2. The van der Waals surface area contributed by atoms with Gasteiger partial charge in [-0.1, -0.05) is 6.07 Å². The second-order valence-corrected chi connectivity index (χ2v) is 4.65. The van der Waals surface area contributed by atoms with E-state index in [9.17, 15) is 18.4 Å². The van der Waals surface area contributed by atoms with Crippen molar-refractivity contribution >= 4 is 17.9 Å². The molecule has 0 unspecified atom stereocenters. The summed E-state index contributed by atoms with van der Waals surface area (Å²) in [5, 5.41) is 2.62. The van der Waals surface area contributed by atoms with Crippen molar-refractivity contribution < 1.29 is 18.4 Å². The molecule has 1 atom stereocenters. The second kappa shape index (κ2) is 5.81. The maximum absolute atomic E-state index is 13.3. The molecule has 0 radical (unpaired) electrons. The Kier molecular flexibility index (Phi) is 4.12. The van der Waals surface area contributed by atoms with Crippen molar-refractivity contribution in [1.29, 1.82) is 0 Å². The van der Waals surface area contributed by atoms with Gasteiger partial charge in [0, 0.05) is 31.7 Å². The number of rotatable bonds is 3. The highest BCUT2D eigenvalue weighted by atomic mass is 19.1. The minimum atomic E-state index is -0.732. The Hall–Kier alpha value is -2.24. The summed E-state index contributed by atoms with van der Waals surface area (Å²) >= 11 is 0. The number of halogens is 2. The summed E-state index contributed by atoms with van der Waals surface area (Å²) in [5.41, 5.74) is -0.262. The summed E-state index contributed by atoms with van der Waals surface area (Å²) in [7, 11) is 1.65. The lowest BCUT2D eigenvalue weighted by molar-refractivity contribution is -0.126. The average Bonchev–Trinajstić information content (AvgIpc) is 2.67. The molecule has 0 aromatic heterocycles. The van der Waals surface area contributed by atoms with E-state index in [1.54, 1.807) is 7.05 Å². The number of likely N-dealkylation sites (N-methyl/N-ethyl adjacent to an activating group) is 1. The highest BCUT2D eigenvalue weighted by Crippen LogP contribution is 2.13. The van der Waals surface area contributed by atoms with E-state index in [2.05, 4.69) is 5.32 Å². The number of benzene rings is 1. The van der Waals surface area contributed by atoms with Gasteiger partial charge in [-0.2, -0.15) is 0 Å². The van der Waals surface area contributed by atoms with Crippen molar-refractivity contribution in [3.8, 4) is 0 Å². The van der Waals surface area contributed by atoms with Crippen molar-refractivity contribution in [2.24, 2.45) is 0 Å². The number of amides is 2. The first kappa shape index (κ1) is 14.2. The summed E-state index contributed by atoms with van der Waals surface area (Å²) in [5.74, 6) is -1.99. The van der Waals surface area contributed by atoms with E-state index >= 15 is 0 Å². The van der Waals surface area contributed by atoms with Crippen LogP contribution in [0.3, 0.4) is 0 Å². The van der Waals surface area contributed by atoms with E-state index in [0.717, 1.165) is 24.3 Å². The zero-order valence-electron chi connectivity index (χ0n) is 10.9. The third-order valence-corrected chi connectivity index (χ3v) is 3.09. The summed E-state index contributed by atoms with van der Waals surface area (Å²) < 4.78 is 26.7. The van der Waals surface area contributed by atoms with Gasteiger partial charge in [0.15, 0.2) is 0 Å². The predicted molar refractivity (Wildman–Crippen MR) is 69.6 cm³/mol. The van der Waals surface area contributed by atoms with Crippen molar-refractivity contribution in [2.75, 3.05) is 13.6 Å². The number of nitrogens with one attached hydrogen (secondary N) is 1. The third-order valence-electron chi connectivity index (χ3n) is 3.09. The third kappa shape index (κ3) is 3.20. The number of carbonyl (C=O) groups excluding carboxylic acids is 2. The van der Waals surface area contributed by atoms with Crippen molar-refractivity contribution in [2.45, 2.75) is 12.5 Å². The normalized spacial score (nSPS) is 18.9. The fourth-order valence-electron chi connectivity index (χ4n) is 2.04. The van der Waals surface area contributed by atoms with E-state index in [-0.39, 0.29) is 23.9 Å². The van der Waals surface area contributed by atoms with Gasteiger partial charge < -0.3 is 10.2 Å². The van der Waals surface area contributed by atoms with Crippen LogP contribution >= 0.6 is 0 Å². The first-order valence-corrected chi connectivity index (χ1v) is 6.14. The zero-order chi connectivity index (χ0) is 14.7. The molecule has 1 N–H and O–H groups in total. The van der Waals surface area contributed by atoms with Gasteiger partial charge in [0.05, 0.1) is 6.04 Å². The van der Waals surface area contributed by atoms with Gasteiger partial charge in [-0.25, -0.2) is 8.78 Å². The van der Waals surface area contributed by atoms with Crippen LogP contribution in [0, 0.1) is 11.6 Å². The Bertz CT molecular complexity index is 552. The minimum absolute atomic E-state index is 0.0422. The van der Waals surface area contributed by atoms with Gasteiger partial charge in [0.2, 0.25) is 11.8 Å². The van der Waals surface area contributed by atoms with Crippen LogP contribution in [-0.2, 0) is 9.59 Å². The van der Waals surface area contributed by atoms with Crippen molar-refractivity contribution in [3.63, 3.8) is 0 Å². The lowest BCUT2D eigenvalue weighted by atomic mass is 10.2. The smallest absolute Gasteiger partial charge is 0.244 e. The fraction of sp³-hybridized carbons (Fsp3) is 0.286. The van der Waals surface area contributed by atoms with E-state index in [1.165, 1.54) is 11.0 Å². The van der Waals surface area contributed by atoms with E-state index in [4.69, 9.17) is 0 Å². The van der Waals surface area contributed by atoms with Gasteiger partial charge in [-0.15, -0.1) is 0 Å². The summed E-state index contributed by atoms with van der Waals surface area (Å²) in [6.07, 6.45) is 2.38. The zero-order valence-corrected chi connectivity index (χ0v) is 10.9. The largest absolute Gasteiger partial charge is 0.348 e. The molecule has 1 saturated heterocycles. The molecule has 2 amide bonds. The quantitative estimate of drug-likeness (QED) is 0.849. The molecule has 4 nitrogen and oxygen atoms in total. The van der Waals surface area contributed by atoms with Gasteiger partial charge >= 0.3 is 0 Å². The van der Waals surface area contributed by atoms with Crippen LogP contribution in [0.2, 0.25) is 0 Å². The Morgan fingerprint density at radius 3 is 2.60 bits per heavy atom. The topological polar surface area (TPSA) is 49.4 Å². The van der Waals surface area contributed by atoms with Gasteiger partial charge in [0.1, 0.15) is 11.6 Å². The molecule has 1 aromatic carbocycles. The molecule has 106 valence electrons. The Morgan fingerprint density at radius 1 is 1.40 bits per heavy atom. The minimum Gasteiger partial charge on any atom is -0.348 e. The average molecular weight is 280 g/mol. The van der Waals surface area contributed by atoms with E-state index in [0.29, 0.717) is 6.54 Å². The molecule has 1 aliphatic heterocycles. The van der Waals surface area contributed by atoms with Crippen LogP contribution < -0.4 is 5.32 Å². The van der Waals surface area contributed by atoms with Crippen molar-refractivity contribution in [3.05, 3.63) is 41.5 Å². The molecule has 0 saturated carbocycles. The monoisotopic (exact) mass is 280 g/mol. The molecule has 2 rings (SSSR count). The molecule has 0 aliphatic carbocycles. The number of nitrogens with zero attached hydrogens (tertiary/aromatic N) is 1. The van der Waals surface area contributed by atoms with Crippen LogP contribution in [0.5, 0.6) is 0 Å². The Labute approximate surface area is 115 Å². The summed E-state index contributed by atoms with van der Waals surface area (Å²) in [4.78, 5) is 24.4. The Morgan fingerprint density at radius 2 is 2.05 bits per heavy atom. The summed E-state index contributed by atoms with van der Waals surface area (Å²) in [6, 6.07) is 3.22. The van der Waals surface area contributed by atoms with E-state index < -0.39 is 17.5 Å². The first-order valence-electron chi connectivity index (χ1n) is 6.14. The number of hydrogen-bond acceptors (Lipinski definition) is 2. The molecule has 1 heterocycles. The number of hydrogen-bond donors (Lipinski definition) is 1. The molecule has 20 heavy (non-hydrogen) atoms. The van der Waals surface area contributed by atoms with Crippen molar-refractivity contribution in [1.82, 2.24) is 10.2 Å². The maximum Gasteiger partial charge on any atom is 0.244 e. The predicted octanol–water partition coefficient (Wildman–Crippen LogP) is 1.32. The highest BCUT2D eigenvalue weighted by Gasteiger charge is 2.27. The van der Waals surface area contributed by atoms with Crippen LogP contribution in [0.25, 0.3) is 6.08 Å². The highest BCUT2D eigenvalue weighted by molar-refractivity contribution is 5.92.